The van der Waals surface area contributed by atoms with E-state index >= 15 is 0 Å². The lowest BCUT2D eigenvalue weighted by Gasteiger charge is -2.17. The number of rotatable bonds is 8. The number of para-hydroxylation sites is 1. The van der Waals surface area contributed by atoms with Gasteiger partial charge in [0.2, 0.25) is 15.9 Å². The number of benzene rings is 2. The van der Waals surface area contributed by atoms with Crippen LogP contribution in [0, 0.1) is 5.82 Å². The van der Waals surface area contributed by atoms with Crippen molar-refractivity contribution in [1.82, 2.24) is 4.72 Å². The molecule has 2 aromatic carbocycles. The molecule has 0 saturated heterocycles. The largest absolute Gasteiger partial charge is 0.481 e. The molecule has 1 aliphatic heterocycles. The Morgan fingerprint density at radius 2 is 1.82 bits per heavy atom. The van der Waals surface area contributed by atoms with E-state index in [4.69, 9.17) is 5.11 Å². The molecule has 0 spiro atoms. The Bertz CT molecular complexity index is 992. The molecule has 9 heteroatoms. The summed E-state index contributed by atoms with van der Waals surface area (Å²) >= 11 is 0. The summed E-state index contributed by atoms with van der Waals surface area (Å²) in [6.45, 7) is 0.0697. The lowest BCUT2D eigenvalue weighted by atomic mass is 9.97. The molecule has 0 saturated carbocycles. The first-order chi connectivity index (χ1) is 13.3. The number of sulfonamides is 1. The minimum Gasteiger partial charge on any atom is -0.481 e. The fourth-order valence-corrected chi connectivity index (χ4v) is 4.27. The minimum absolute atomic E-state index is 0.0111. The Morgan fingerprint density at radius 3 is 2.50 bits per heavy atom. The molecule has 0 radical (unpaired) electrons. The summed E-state index contributed by atoms with van der Waals surface area (Å²) in [6.07, 6.45) is 0.0455. The van der Waals surface area contributed by atoms with E-state index in [1.807, 2.05) is 0 Å². The summed E-state index contributed by atoms with van der Waals surface area (Å²) in [6, 6.07) is 11.5. The van der Waals surface area contributed by atoms with E-state index in [1.54, 1.807) is 24.3 Å². The second-order valence-electron chi connectivity index (χ2n) is 6.39. The Hall–Kier alpha value is -2.78. The molecule has 0 fully saturated rings. The maximum Gasteiger partial charge on any atom is 0.305 e. The number of nitrogens with zero attached hydrogens (tertiary/aromatic N) is 1. The van der Waals surface area contributed by atoms with Crippen LogP contribution in [-0.4, -0.2) is 38.5 Å². The number of hydrogen-bond acceptors (Lipinski definition) is 4. The number of fused-ring (bicyclic) bond motifs is 1. The first kappa shape index (κ1) is 20.0. The van der Waals surface area contributed by atoms with E-state index in [2.05, 4.69) is 4.72 Å². The Morgan fingerprint density at radius 1 is 1.14 bits per heavy atom. The zero-order chi connectivity index (χ0) is 20.3. The van der Waals surface area contributed by atoms with Gasteiger partial charge in [-0.3, -0.25) is 9.59 Å². The van der Waals surface area contributed by atoms with Crippen LogP contribution in [0.5, 0.6) is 0 Å². The van der Waals surface area contributed by atoms with Crippen LogP contribution in [0.3, 0.4) is 0 Å². The van der Waals surface area contributed by atoms with Gasteiger partial charge in [0, 0.05) is 18.8 Å². The summed E-state index contributed by atoms with van der Waals surface area (Å²) in [4.78, 5) is 25.0. The summed E-state index contributed by atoms with van der Waals surface area (Å²) in [7, 11) is -3.82. The van der Waals surface area contributed by atoms with Crippen LogP contribution < -0.4 is 9.62 Å². The van der Waals surface area contributed by atoms with Gasteiger partial charge in [-0.25, -0.2) is 17.5 Å². The number of carbonyl (C=O) groups is 2. The third-order valence-corrected chi connectivity index (χ3v) is 6.04. The van der Waals surface area contributed by atoms with E-state index in [9.17, 15) is 22.4 Å². The monoisotopic (exact) mass is 406 g/mol. The summed E-state index contributed by atoms with van der Waals surface area (Å²) in [5.74, 6) is -2.33. The maximum absolute atomic E-state index is 13.0. The molecule has 1 aliphatic rings. The van der Waals surface area contributed by atoms with Gasteiger partial charge in [-0.05, 0) is 42.3 Å². The van der Waals surface area contributed by atoms with Gasteiger partial charge in [0.1, 0.15) is 5.82 Å². The average Bonchev–Trinajstić information content (AvgIpc) is 2.92. The van der Waals surface area contributed by atoms with Gasteiger partial charge in [-0.1, -0.05) is 18.2 Å². The van der Waals surface area contributed by atoms with Crippen molar-refractivity contribution in [2.45, 2.75) is 23.7 Å². The molecular formula is C19H19FN2O5S. The molecule has 0 aromatic heterocycles. The molecule has 0 aliphatic carbocycles. The molecule has 1 amide bonds. The van der Waals surface area contributed by atoms with Crippen molar-refractivity contribution >= 4 is 27.6 Å². The number of carbonyl (C=O) groups excluding carboxylic acids is 1. The third-order valence-electron chi connectivity index (χ3n) is 4.57. The van der Waals surface area contributed by atoms with Crippen LogP contribution in [0.4, 0.5) is 10.1 Å². The Balaban J connectivity index is 1.69. The summed E-state index contributed by atoms with van der Waals surface area (Å²) in [5.41, 5.74) is 1.40. The molecule has 3 rings (SSSR count). The standard InChI is InChI=1S/C19H19FN2O5S/c20-13-5-7-14(8-6-13)28(26,27)21-11-9-16-15-3-1-2-4-17(15)22(19(16)25)12-10-18(23)24/h1-8,16,21H,9-12H2,(H,23,24). The third kappa shape index (κ3) is 4.20. The lowest BCUT2D eigenvalue weighted by Crippen LogP contribution is -2.32. The fraction of sp³-hybridized carbons (Fsp3) is 0.263. The fourth-order valence-electron chi connectivity index (χ4n) is 3.22. The quantitative estimate of drug-likeness (QED) is 0.699. The van der Waals surface area contributed by atoms with Crippen molar-refractivity contribution in [1.29, 1.82) is 0 Å². The number of carboxylic acid groups (broad SMARTS) is 1. The van der Waals surface area contributed by atoms with E-state index in [0.717, 1.165) is 17.7 Å². The molecule has 0 bridgehead atoms. The first-order valence-electron chi connectivity index (χ1n) is 8.67. The van der Waals surface area contributed by atoms with Crippen molar-refractivity contribution in [2.75, 3.05) is 18.0 Å². The number of halogens is 1. The van der Waals surface area contributed by atoms with E-state index in [0.29, 0.717) is 5.69 Å². The Labute approximate surface area is 161 Å². The average molecular weight is 406 g/mol. The highest BCUT2D eigenvalue weighted by Gasteiger charge is 2.36. The zero-order valence-electron chi connectivity index (χ0n) is 14.8. The molecule has 2 aromatic rings. The van der Waals surface area contributed by atoms with Crippen molar-refractivity contribution in [3.05, 3.63) is 59.9 Å². The van der Waals surface area contributed by atoms with Crippen LogP contribution in [-0.2, 0) is 19.6 Å². The predicted octanol–water partition coefficient (Wildman–Crippen LogP) is 2.10. The van der Waals surface area contributed by atoms with Gasteiger partial charge in [-0.15, -0.1) is 0 Å². The number of amides is 1. The van der Waals surface area contributed by atoms with Gasteiger partial charge in [0.25, 0.3) is 0 Å². The highest BCUT2D eigenvalue weighted by atomic mass is 32.2. The SMILES string of the molecule is O=C(O)CCN1C(=O)C(CCNS(=O)(=O)c2ccc(F)cc2)c2ccccc21. The van der Waals surface area contributed by atoms with Crippen molar-refractivity contribution < 1.29 is 27.5 Å². The highest BCUT2D eigenvalue weighted by Crippen LogP contribution is 2.38. The number of nitrogens with one attached hydrogen (secondary N) is 1. The molecule has 2 N–H and O–H groups in total. The van der Waals surface area contributed by atoms with Crippen LogP contribution >= 0.6 is 0 Å². The molecule has 1 atom stereocenters. The molecule has 7 nitrogen and oxygen atoms in total. The molecule has 1 unspecified atom stereocenters. The Kier molecular flexibility index (Phi) is 5.76. The number of carboxylic acids is 1. The van der Waals surface area contributed by atoms with Crippen LogP contribution in [0.15, 0.2) is 53.4 Å². The first-order valence-corrected chi connectivity index (χ1v) is 10.2. The van der Waals surface area contributed by atoms with E-state index < -0.39 is 27.7 Å². The van der Waals surface area contributed by atoms with Crippen molar-refractivity contribution in [3.63, 3.8) is 0 Å². The van der Waals surface area contributed by atoms with Gasteiger partial charge < -0.3 is 10.0 Å². The number of aliphatic carboxylic acids is 1. The molecule has 1 heterocycles. The number of anilines is 1. The van der Waals surface area contributed by atoms with Gasteiger partial charge in [0.05, 0.1) is 17.2 Å². The van der Waals surface area contributed by atoms with Gasteiger partial charge >= 0.3 is 5.97 Å². The molecule has 148 valence electrons. The topological polar surface area (TPSA) is 104 Å². The summed E-state index contributed by atoms with van der Waals surface area (Å²) < 4.78 is 40.0. The molecule has 28 heavy (non-hydrogen) atoms. The maximum atomic E-state index is 13.0. The minimum atomic E-state index is -3.82. The summed E-state index contributed by atoms with van der Waals surface area (Å²) in [5, 5.41) is 8.89. The smallest absolute Gasteiger partial charge is 0.305 e. The van der Waals surface area contributed by atoms with E-state index in [1.165, 1.54) is 17.0 Å². The van der Waals surface area contributed by atoms with Crippen molar-refractivity contribution in [2.24, 2.45) is 0 Å². The second kappa shape index (κ2) is 8.07. The predicted molar refractivity (Wildman–Crippen MR) is 100.0 cm³/mol. The second-order valence-corrected chi connectivity index (χ2v) is 8.15. The van der Waals surface area contributed by atoms with Gasteiger partial charge in [-0.2, -0.15) is 0 Å². The highest BCUT2D eigenvalue weighted by molar-refractivity contribution is 7.89. The molecular weight excluding hydrogens is 387 g/mol. The van der Waals surface area contributed by atoms with Crippen LogP contribution in [0.25, 0.3) is 0 Å². The van der Waals surface area contributed by atoms with Crippen LogP contribution in [0.1, 0.15) is 24.3 Å². The lowest BCUT2D eigenvalue weighted by molar-refractivity contribution is -0.136. The van der Waals surface area contributed by atoms with E-state index in [-0.39, 0.29) is 36.7 Å². The van der Waals surface area contributed by atoms with Gasteiger partial charge in [0.15, 0.2) is 0 Å². The van der Waals surface area contributed by atoms with Crippen LogP contribution in [0.2, 0.25) is 0 Å². The normalized spacial score (nSPS) is 16.2. The zero-order valence-corrected chi connectivity index (χ0v) is 15.7. The van der Waals surface area contributed by atoms with Crippen molar-refractivity contribution in [3.8, 4) is 0 Å². The number of hydrogen-bond donors (Lipinski definition) is 2.